The number of hydrogen-bond donors (Lipinski definition) is 0. The number of halogens is 1. The molecule has 0 spiro atoms. The van der Waals surface area contributed by atoms with Crippen LogP contribution in [0.2, 0.25) is 30.7 Å². The quantitative estimate of drug-likeness (QED) is 0.173. The van der Waals surface area contributed by atoms with Gasteiger partial charge in [0.05, 0.1) is 23.6 Å². The molecular formula is C28H33ClN2O2Si. The number of rotatable bonds is 9. The maximum absolute atomic E-state index is 6.30. The highest BCUT2D eigenvalue weighted by atomic mass is 35.5. The highest BCUT2D eigenvalue weighted by Crippen LogP contribution is 2.36. The minimum Gasteiger partial charge on any atom is -0.455 e. The highest BCUT2D eigenvalue weighted by molar-refractivity contribution is 6.76. The Morgan fingerprint density at radius 3 is 2.47 bits per heavy atom. The van der Waals surface area contributed by atoms with Gasteiger partial charge in [-0.2, -0.15) is 0 Å². The van der Waals surface area contributed by atoms with Gasteiger partial charge in [0.25, 0.3) is 0 Å². The summed E-state index contributed by atoms with van der Waals surface area (Å²) in [5, 5.41) is 1.69. The van der Waals surface area contributed by atoms with Gasteiger partial charge in [-0.05, 0) is 47.9 Å². The van der Waals surface area contributed by atoms with E-state index in [0.717, 1.165) is 46.3 Å². The van der Waals surface area contributed by atoms with E-state index in [1.165, 1.54) is 5.56 Å². The molecule has 0 amide bonds. The maximum atomic E-state index is 6.30. The van der Waals surface area contributed by atoms with Crippen molar-refractivity contribution in [2.45, 2.75) is 52.2 Å². The molecule has 0 saturated carbocycles. The van der Waals surface area contributed by atoms with Crippen molar-refractivity contribution in [2.24, 2.45) is 0 Å². The van der Waals surface area contributed by atoms with Gasteiger partial charge in [0.1, 0.15) is 12.5 Å². The lowest BCUT2D eigenvalue weighted by molar-refractivity contribution is 0.0900. The molecule has 34 heavy (non-hydrogen) atoms. The maximum Gasteiger partial charge on any atom is 0.153 e. The topological polar surface area (TPSA) is 36.3 Å². The van der Waals surface area contributed by atoms with E-state index in [9.17, 15) is 0 Å². The SMILES string of the molecule is CC(C)c1ccccc1-c1cc2c(Oc3ccc(Cl)cc3)cn(COCC[Si](C)(C)C)c2cn1. The van der Waals surface area contributed by atoms with Crippen molar-refractivity contribution in [3.63, 3.8) is 0 Å². The molecule has 0 unspecified atom stereocenters. The minimum atomic E-state index is -1.14. The summed E-state index contributed by atoms with van der Waals surface area (Å²) >= 11 is 6.06. The first-order chi connectivity index (χ1) is 16.2. The van der Waals surface area contributed by atoms with Crippen LogP contribution in [0.1, 0.15) is 25.3 Å². The van der Waals surface area contributed by atoms with Crippen molar-refractivity contribution in [3.05, 3.63) is 77.6 Å². The predicted octanol–water partition coefficient (Wildman–Crippen LogP) is 8.58. The van der Waals surface area contributed by atoms with Crippen LogP contribution < -0.4 is 4.74 Å². The molecule has 2 heterocycles. The molecule has 6 heteroatoms. The van der Waals surface area contributed by atoms with Gasteiger partial charge in [0, 0.05) is 30.7 Å². The number of benzene rings is 2. The molecule has 4 rings (SSSR count). The third-order valence-electron chi connectivity index (χ3n) is 5.86. The summed E-state index contributed by atoms with van der Waals surface area (Å²) < 4.78 is 14.4. The third-order valence-corrected chi connectivity index (χ3v) is 7.81. The van der Waals surface area contributed by atoms with Gasteiger partial charge in [0.15, 0.2) is 5.75 Å². The molecule has 178 valence electrons. The monoisotopic (exact) mass is 492 g/mol. The molecule has 0 aliphatic rings. The van der Waals surface area contributed by atoms with Crippen molar-refractivity contribution in [1.82, 2.24) is 9.55 Å². The van der Waals surface area contributed by atoms with Gasteiger partial charge < -0.3 is 14.0 Å². The molecule has 0 fully saturated rings. The number of hydrogen-bond acceptors (Lipinski definition) is 3. The lowest BCUT2D eigenvalue weighted by atomic mass is 9.95. The molecule has 4 aromatic rings. The summed E-state index contributed by atoms with van der Waals surface area (Å²) in [6.07, 6.45) is 3.94. The van der Waals surface area contributed by atoms with Crippen LogP contribution in [0.25, 0.3) is 22.2 Å². The Labute approximate surface area is 208 Å². The van der Waals surface area contributed by atoms with Gasteiger partial charge in [-0.25, -0.2) is 0 Å². The van der Waals surface area contributed by atoms with Crippen LogP contribution >= 0.6 is 11.6 Å². The van der Waals surface area contributed by atoms with Gasteiger partial charge in [-0.3, -0.25) is 4.98 Å². The van der Waals surface area contributed by atoms with Crippen molar-refractivity contribution >= 4 is 30.6 Å². The molecule has 0 N–H and O–H groups in total. The Hall–Kier alpha value is -2.60. The molecule has 2 aromatic carbocycles. The summed E-state index contributed by atoms with van der Waals surface area (Å²) in [6, 6.07) is 19.2. The zero-order chi connectivity index (χ0) is 24.3. The summed E-state index contributed by atoms with van der Waals surface area (Å²) in [4.78, 5) is 4.84. The van der Waals surface area contributed by atoms with E-state index < -0.39 is 8.07 Å². The van der Waals surface area contributed by atoms with Crippen molar-refractivity contribution < 1.29 is 9.47 Å². The fourth-order valence-corrected chi connectivity index (χ4v) is 4.78. The van der Waals surface area contributed by atoms with Crippen molar-refractivity contribution in [3.8, 4) is 22.8 Å². The Bertz CT molecular complexity index is 1260. The molecule has 2 aromatic heterocycles. The van der Waals surface area contributed by atoms with E-state index in [4.69, 9.17) is 26.1 Å². The minimum absolute atomic E-state index is 0.405. The van der Waals surface area contributed by atoms with E-state index in [2.05, 4.69) is 68.4 Å². The van der Waals surface area contributed by atoms with Gasteiger partial charge >= 0.3 is 0 Å². The van der Waals surface area contributed by atoms with Crippen LogP contribution in [-0.4, -0.2) is 24.2 Å². The van der Waals surface area contributed by atoms with Crippen molar-refractivity contribution in [2.75, 3.05) is 6.61 Å². The number of aromatic nitrogens is 2. The normalized spacial score (nSPS) is 12.0. The number of nitrogens with zero attached hydrogens (tertiary/aromatic N) is 2. The lowest BCUT2D eigenvalue weighted by Crippen LogP contribution is -2.21. The van der Waals surface area contributed by atoms with E-state index in [1.54, 1.807) is 0 Å². The van der Waals surface area contributed by atoms with Gasteiger partial charge in [0.2, 0.25) is 0 Å². The zero-order valence-electron chi connectivity index (χ0n) is 20.6. The molecule has 0 aliphatic carbocycles. The number of ether oxygens (including phenoxy) is 2. The standard InChI is InChI=1S/C28H33ClN2O2Si/c1-20(2)23-8-6-7-9-24(23)26-16-25-27(17-30-26)31(19-32-14-15-34(3,4)5)18-28(25)33-22-12-10-21(29)11-13-22/h6-13,16-18,20H,14-15,19H2,1-5H3. The first-order valence-electron chi connectivity index (χ1n) is 11.8. The summed E-state index contributed by atoms with van der Waals surface area (Å²) in [6.45, 7) is 12.7. The number of fused-ring (bicyclic) bond motifs is 1. The Balaban J connectivity index is 1.71. The van der Waals surface area contributed by atoms with Gasteiger partial charge in [-0.15, -0.1) is 0 Å². The largest absolute Gasteiger partial charge is 0.455 e. The molecule has 0 radical (unpaired) electrons. The molecule has 0 atom stereocenters. The lowest BCUT2D eigenvalue weighted by Gasteiger charge is -2.15. The second-order valence-electron chi connectivity index (χ2n) is 10.2. The van der Waals surface area contributed by atoms with Crippen LogP contribution in [0.4, 0.5) is 0 Å². The first-order valence-corrected chi connectivity index (χ1v) is 15.9. The first kappa shape index (κ1) is 24.5. The molecule has 0 saturated heterocycles. The van der Waals surface area contributed by atoms with E-state index >= 15 is 0 Å². The van der Waals surface area contributed by atoms with Crippen LogP contribution in [0, 0.1) is 0 Å². The van der Waals surface area contributed by atoms with E-state index in [-0.39, 0.29) is 0 Å². The summed E-state index contributed by atoms with van der Waals surface area (Å²) in [5.41, 5.74) is 4.36. The van der Waals surface area contributed by atoms with E-state index in [0.29, 0.717) is 17.7 Å². The molecule has 4 nitrogen and oxygen atoms in total. The smallest absolute Gasteiger partial charge is 0.153 e. The molecule has 0 aliphatic heterocycles. The number of pyridine rings is 1. The second kappa shape index (κ2) is 10.3. The van der Waals surface area contributed by atoms with Gasteiger partial charge in [-0.1, -0.05) is 69.4 Å². The van der Waals surface area contributed by atoms with Crippen LogP contribution in [-0.2, 0) is 11.5 Å². The fourth-order valence-electron chi connectivity index (χ4n) is 3.90. The van der Waals surface area contributed by atoms with Crippen LogP contribution in [0.15, 0.2) is 67.0 Å². The van der Waals surface area contributed by atoms with Crippen molar-refractivity contribution in [1.29, 1.82) is 0 Å². The zero-order valence-corrected chi connectivity index (χ0v) is 22.4. The fraction of sp³-hybridized carbons (Fsp3) is 0.321. The molecule has 0 bridgehead atoms. The van der Waals surface area contributed by atoms with E-state index in [1.807, 2.05) is 36.7 Å². The van der Waals surface area contributed by atoms with Crippen LogP contribution in [0.3, 0.4) is 0 Å². The highest BCUT2D eigenvalue weighted by Gasteiger charge is 2.16. The Kier molecular flexibility index (Phi) is 7.46. The summed E-state index contributed by atoms with van der Waals surface area (Å²) in [7, 11) is -1.14. The Morgan fingerprint density at radius 2 is 1.76 bits per heavy atom. The Morgan fingerprint density at radius 1 is 1.03 bits per heavy atom. The molecular weight excluding hydrogens is 460 g/mol. The van der Waals surface area contributed by atoms with Crippen LogP contribution in [0.5, 0.6) is 11.5 Å². The average molecular weight is 493 g/mol. The average Bonchev–Trinajstić information content (AvgIpc) is 3.14. The second-order valence-corrected chi connectivity index (χ2v) is 16.3. The summed E-state index contributed by atoms with van der Waals surface area (Å²) in [5.74, 6) is 1.92. The predicted molar refractivity (Wildman–Crippen MR) is 145 cm³/mol. The third kappa shape index (κ3) is 5.90.